The van der Waals surface area contributed by atoms with Gasteiger partial charge in [0.05, 0.1) is 0 Å². The summed E-state index contributed by atoms with van der Waals surface area (Å²) in [6, 6.07) is 0. The number of hydrogen-bond donors (Lipinski definition) is 0. The number of hydrogen-bond acceptors (Lipinski definition) is 6. The van der Waals surface area contributed by atoms with Gasteiger partial charge in [-0.05, 0) is 57.8 Å². The van der Waals surface area contributed by atoms with E-state index >= 15 is 0 Å². The van der Waals surface area contributed by atoms with Crippen molar-refractivity contribution in [3.63, 3.8) is 0 Å². The lowest BCUT2D eigenvalue weighted by molar-refractivity contribution is -0.167. The van der Waals surface area contributed by atoms with Gasteiger partial charge in [-0.15, -0.1) is 0 Å². The van der Waals surface area contributed by atoms with Crippen LogP contribution in [0.3, 0.4) is 0 Å². The van der Waals surface area contributed by atoms with Crippen molar-refractivity contribution in [2.45, 2.75) is 380 Å². The molecule has 0 bridgehead atoms. The Hall–Kier alpha value is -2.63. The van der Waals surface area contributed by atoms with E-state index in [4.69, 9.17) is 14.2 Å². The summed E-state index contributed by atoms with van der Waals surface area (Å²) in [4.78, 5) is 38.3. The van der Waals surface area contributed by atoms with Crippen molar-refractivity contribution in [2.75, 3.05) is 13.2 Å². The van der Waals surface area contributed by atoms with Crippen molar-refractivity contribution in [2.24, 2.45) is 0 Å². The quantitative estimate of drug-likeness (QED) is 0.0261. The minimum absolute atomic E-state index is 0.0657. The van der Waals surface area contributed by atoms with Gasteiger partial charge in [0.25, 0.3) is 0 Å². The first-order chi connectivity index (χ1) is 38.5. The van der Waals surface area contributed by atoms with Crippen LogP contribution in [0.5, 0.6) is 0 Å². The van der Waals surface area contributed by atoms with Crippen molar-refractivity contribution < 1.29 is 28.6 Å². The number of rotatable bonds is 64. The number of unbranched alkanes of at least 4 members (excludes halogenated alkanes) is 45. The molecule has 0 aliphatic carbocycles. The van der Waals surface area contributed by atoms with Crippen LogP contribution in [-0.4, -0.2) is 37.2 Å². The normalized spacial score (nSPS) is 12.3. The van der Waals surface area contributed by atoms with E-state index in [1.165, 1.54) is 250 Å². The summed E-state index contributed by atoms with van der Waals surface area (Å²) in [5.41, 5.74) is 0. The molecular formula is C72H132O6. The summed E-state index contributed by atoms with van der Waals surface area (Å²) in [7, 11) is 0. The van der Waals surface area contributed by atoms with E-state index in [2.05, 4.69) is 69.4 Å². The summed E-state index contributed by atoms with van der Waals surface area (Å²) in [5.74, 6) is -0.838. The zero-order valence-electron chi connectivity index (χ0n) is 52.5. The lowest BCUT2D eigenvalue weighted by Crippen LogP contribution is -2.30. The molecule has 0 rings (SSSR count). The maximum atomic E-state index is 12.9. The van der Waals surface area contributed by atoms with Crippen LogP contribution in [0.2, 0.25) is 0 Å². The van der Waals surface area contributed by atoms with Crippen LogP contribution < -0.4 is 0 Å². The highest BCUT2D eigenvalue weighted by Gasteiger charge is 2.19. The van der Waals surface area contributed by atoms with Gasteiger partial charge in [0.1, 0.15) is 13.2 Å². The zero-order valence-corrected chi connectivity index (χ0v) is 52.5. The van der Waals surface area contributed by atoms with Crippen LogP contribution >= 0.6 is 0 Å². The van der Waals surface area contributed by atoms with Crippen LogP contribution in [0.25, 0.3) is 0 Å². The largest absolute Gasteiger partial charge is 0.462 e. The number of ether oxygens (including phenoxy) is 3. The molecule has 0 aromatic carbocycles. The summed E-state index contributed by atoms with van der Waals surface area (Å²) in [5, 5.41) is 0. The fourth-order valence-corrected chi connectivity index (χ4v) is 10.4. The molecule has 6 nitrogen and oxygen atoms in total. The smallest absolute Gasteiger partial charge is 0.306 e. The lowest BCUT2D eigenvalue weighted by Gasteiger charge is -2.18. The first-order valence-corrected chi connectivity index (χ1v) is 34.6. The molecule has 0 amide bonds. The second kappa shape index (κ2) is 66.9. The van der Waals surface area contributed by atoms with Crippen molar-refractivity contribution >= 4 is 17.9 Å². The molecule has 456 valence electrons. The topological polar surface area (TPSA) is 78.9 Å². The van der Waals surface area contributed by atoms with Crippen molar-refractivity contribution in [3.8, 4) is 0 Å². The molecule has 1 unspecified atom stereocenters. The highest BCUT2D eigenvalue weighted by Crippen LogP contribution is 2.18. The molecule has 0 spiro atoms. The molecule has 0 saturated heterocycles. The minimum Gasteiger partial charge on any atom is -0.462 e. The molecule has 78 heavy (non-hydrogen) atoms. The van der Waals surface area contributed by atoms with Crippen LogP contribution in [0.15, 0.2) is 48.6 Å². The van der Waals surface area contributed by atoms with Gasteiger partial charge in [0, 0.05) is 19.3 Å². The molecule has 0 radical (unpaired) electrons. The van der Waals surface area contributed by atoms with Gasteiger partial charge in [-0.3, -0.25) is 14.4 Å². The highest BCUT2D eigenvalue weighted by atomic mass is 16.6. The second-order valence-electron chi connectivity index (χ2n) is 23.4. The Labute approximate surface area is 486 Å². The summed E-state index contributed by atoms with van der Waals surface area (Å²) in [6.07, 6.45) is 84.3. The number of carbonyl (C=O) groups excluding carboxylic acids is 3. The van der Waals surface area contributed by atoms with E-state index in [0.717, 1.165) is 83.5 Å². The van der Waals surface area contributed by atoms with Crippen LogP contribution in [-0.2, 0) is 28.6 Å². The monoisotopic (exact) mass is 1090 g/mol. The SMILES string of the molecule is CC/C=C\C/C=C\C/C=C\C/C=C\CCCCCCCCCCCCCCCCCCC(=O)OCC(COC(=O)CCCCCCCCCCCCC)OC(=O)CCCCCCCCCCCCCCCCCCCCCC. The van der Waals surface area contributed by atoms with Crippen LogP contribution in [0.1, 0.15) is 374 Å². The third-order valence-electron chi connectivity index (χ3n) is 15.6. The van der Waals surface area contributed by atoms with Crippen LogP contribution in [0, 0.1) is 0 Å². The molecule has 0 heterocycles. The van der Waals surface area contributed by atoms with E-state index < -0.39 is 6.10 Å². The van der Waals surface area contributed by atoms with Crippen LogP contribution in [0.4, 0.5) is 0 Å². The van der Waals surface area contributed by atoms with Gasteiger partial charge >= 0.3 is 17.9 Å². The molecule has 0 aliphatic heterocycles. The van der Waals surface area contributed by atoms with Gasteiger partial charge in [-0.2, -0.15) is 0 Å². The van der Waals surface area contributed by atoms with E-state index in [-0.39, 0.29) is 31.1 Å². The highest BCUT2D eigenvalue weighted by molar-refractivity contribution is 5.71. The summed E-state index contributed by atoms with van der Waals surface area (Å²) >= 11 is 0. The van der Waals surface area contributed by atoms with Gasteiger partial charge in [0.2, 0.25) is 0 Å². The Morgan fingerprint density at radius 3 is 0.782 bits per heavy atom. The Kier molecular flexibility index (Phi) is 64.6. The summed E-state index contributed by atoms with van der Waals surface area (Å²) in [6.45, 7) is 6.59. The van der Waals surface area contributed by atoms with E-state index in [9.17, 15) is 14.4 Å². The maximum Gasteiger partial charge on any atom is 0.306 e. The molecule has 0 saturated carbocycles. The molecule has 6 heteroatoms. The standard InChI is InChI=1S/C72H132O6/c1-4-7-10-13-16-19-22-24-26-28-30-32-33-34-35-36-37-38-39-40-42-43-45-47-50-53-56-59-62-65-71(74)77-68-69(67-76-70(73)64-61-58-55-52-49-21-18-15-12-9-6-3)78-72(75)66-63-60-57-54-51-48-46-44-41-31-29-27-25-23-20-17-14-11-8-5-2/h7,10,16,19,24,26,30,32,69H,4-6,8-9,11-15,17-18,20-23,25,27-29,31,33-68H2,1-3H3/b10-7-,19-16-,26-24-,32-30-. The number of carbonyl (C=O) groups is 3. The van der Waals surface area contributed by atoms with E-state index in [1.54, 1.807) is 0 Å². The second-order valence-corrected chi connectivity index (χ2v) is 23.4. The molecule has 1 atom stereocenters. The minimum atomic E-state index is -0.768. The Morgan fingerprint density at radius 2 is 0.500 bits per heavy atom. The molecule has 0 aliphatic rings. The third kappa shape index (κ3) is 64.2. The van der Waals surface area contributed by atoms with E-state index in [0.29, 0.717) is 19.3 Å². The first kappa shape index (κ1) is 75.4. The van der Waals surface area contributed by atoms with Crippen molar-refractivity contribution in [1.29, 1.82) is 0 Å². The molecule has 0 aromatic heterocycles. The first-order valence-electron chi connectivity index (χ1n) is 34.6. The number of esters is 3. The fourth-order valence-electron chi connectivity index (χ4n) is 10.4. The molecule has 0 aromatic rings. The predicted molar refractivity (Wildman–Crippen MR) is 339 cm³/mol. The van der Waals surface area contributed by atoms with Gasteiger partial charge in [-0.25, -0.2) is 0 Å². The molecule has 0 fully saturated rings. The lowest BCUT2D eigenvalue weighted by atomic mass is 10.0. The fraction of sp³-hybridized carbons (Fsp3) is 0.847. The van der Waals surface area contributed by atoms with Crippen molar-refractivity contribution in [1.82, 2.24) is 0 Å². The predicted octanol–water partition coefficient (Wildman–Crippen LogP) is 23.7. The average molecular weight is 1090 g/mol. The Bertz CT molecular complexity index is 1350. The average Bonchev–Trinajstić information content (AvgIpc) is 3.44. The van der Waals surface area contributed by atoms with Crippen molar-refractivity contribution in [3.05, 3.63) is 48.6 Å². The third-order valence-corrected chi connectivity index (χ3v) is 15.6. The van der Waals surface area contributed by atoms with Gasteiger partial charge in [-0.1, -0.05) is 345 Å². The summed E-state index contributed by atoms with van der Waals surface area (Å²) < 4.78 is 17.0. The van der Waals surface area contributed by atoms with Gasteiger partial charge < -0.3 is 14.2 Å². The Morgan fingerprint density at radius 1 is 0.269 bits per heavy atom. The maximum absolute atomic E-state index is 12.9. The molecule has 0 N–H and O–H groups in total. The van der Waals surface area contributed by atoms with Gasteiger partial charge in [0.15, 0.2) is 6.10 Å². The zero-order chi connectivity index (χ0) is 56.4. The Balaban J connectivity index is 4.15. The van der Waals surface area contributed by atoms with E-state index in [1.807, 2.05) is 0 Å². The number of allylic oxidation sites excluding steroid dienone is 8. The molecular weight excluding hydrogens is 961 g/mol.